The molecule has 1 aromatic heterocycles. The number of rotatable bonds is 2. The number of imidazole rings is 1. The van der Waals surface area contributed by atoms with Crippen molar-refractivity contribution in [1.82, 2.24) is 14.6 Å². The van der Waals surface area contributed by atoms with Crippen LogP contribution in [-0.4, -0.2) is 20.4 Å². The molecule has 0 amide bonds. The molecule has 0 spiro atoms. The average molecular weight is 435 g/mol. The maximum Gasteiger partial charge on any atom is 0.416 e. The van der Waals surface area contributed by atoms with E-state index in [1.807, 2.05) is 24.3 Å². The van der Waals surface area contributed by atoms with Crippen molar-refractivity contribution in [2.75, 3.05) is 0 Å². The highest BCUT2D eigenvalue weighted by Gasteiger charge is 2.32. The second-order valence-corrected chi connectivity index (χ2v) is 7.03. The molecule has 3 aromatic rings. The fourth-order valence-corrected chi connectivity index (χ4v) is 3.49. The molecule has 1 aliphatic heterocycles. The predicted octanol–water partition coefficient (Wildman–Crippen LogP) is 4.89. The number of nitrogens with zero attached hydrogens (tertiary/aromatic N) is 4. The van der Waals surface area contributed by atoms with Gasteiger partial charge in [0.15, 0.2) is 5.84 Å². The topological polar surface area (TPSA) is 33.4 Å². The number of alkyl halides is 3. The number of benzene rings is 2. The Morgan fingerprint density at radius 2 is 1.85 bits per heavy atom. The summed E-state index contributed by atoms with van der Waals surface area (Å²) in [5.74, 6) is 0.642. The fraction of sp³-hybridized carbons (Fsp3) is 0.158. The van der Waals surface area contributed by atoms with Crippen molar-refractivity contribution < 1.29 is 13.2 Å². The summed E-state index contributed by atoms with van der Waals surface area (Å²) in [7, 11) is 0. The van der Waals surface area contributed by atoms with Crippen molar-refractivity contribution in [1.29, 1.82) is 0 Å². The minimum atomic E-state index is -4.34. The van der Waals surface area contributed by atoms with E-state index >= 15 is 0 Å². The predicted molar refractivity (Wildman–Crippen MR) is 99.0 cm³/mol. The van der Waals surface area contributed by atoms with Crippen molar-refractivity contribution in [3.63, 3.8) is 0 Å². The monoisotopic (exact) mass is 434 g/mol. The molecule has 0 fully saturated rings. The fourth-order valence-electron chi connectivity index (χ4n) is 3.03. The molecule has 4 rings (SSSR count). The average Bonchev–Trinajstić information content (AvgIpc) is 3.28. The molecule has 0 N–H and O–H groups in total. The molecule has 0 atom stereocenters. The Morgan fingerprint density at radius 3 is 2.56 bits per heavy atom. The minimum absolute atomic E-state index is 0.321. The maximum absolute atomic E-state index is 13.0. The van der Waals surface area contributed by atoms with E-state index in [1.165, 1.54) is 12.1 Å². The van der Waals surface area contributed by atoms with Crippen molar-refractivity contribution in [3.8, 4) is 0 Å². The molecule has 138 valence electrons. The summed E-state index contributed by atoms with van der Waals surface area (Å²) >= 11 is 3.53. The SMILES string of the molecule is FC(F)(F)c1ccc2c(c1)CN(N=C(c1ccccc1Br)n1ccnc1)C2. The highest BCUT2D eigenvalue weighted by molar-refractivity contribution is 9.10. The van der Waals surface area contributed by atoms with Crippen LogP contribution >= 0.6 is 15.9 Å². The summed E-state index contributed by atoms with van der Waals surface area (Å²) in [6, 6.07) is 11.5. The second kappa shape index (κ2) is 6.84. The number of hydrazone groups is 1. The third-order valence-corrected chi connectivity index (χ3v) is 5.03. The lowest BCUT2D eigenvalue weighted by atomic mass is 10.1. The normalized spacial score (nSPS) is 14.5. The standard InChI is InChI=1S/C19H14BrF3N4/c20-17-4-2-1-3-16(17)18(26-8-7-24-12-26)25-27-10-13-5-6-15(19(21,22)23)9-14(13)11-27/h1-9,12H,10-11H2. The lowest BCUT2D eigenvalue weighted by molar-refractivity contribution is -0.137. The van der Waals surface area contributed by atoms with Crippen LogP contribution in [0.3, 0.4) is 0 Å². The smallest absolute Gasteiger partial charge is 0.289 e. The highest BCUT2D eigenvalue weighted by Crippen LogP contribution is 2.33. The van der Waals surface area contributed by atoms with Crippen LogP contribution in [0.25, 0.3) is 0 Å². The van der Waals surface area contributed by atoms with Crippen LogP contribution < -0.4 is 0 Å². The van der Waals surface area contributed by atoms with Gasteiger partial charge in [0.25, 0.3) is 0 Å². The van der Waals surface area contributed by atoms with Crippen molar-refractivity contribution in [2.45, 2.75) is 19.3 Å². The van der Waals surface area contributed by atoms with Gasteiger partial charge in [-0.2, -0.15) is 18.3 Å². The lowest BCUT2D eigenvalue weighted by Gasteiger charge is -2.16. The van der Waals surface area contributed by atoms with Gasteiger partial charge in [-0.15, -0.1) is 0 Å². The summed E-state index contributed by atoms with van der Waals surface area (Å²) in [5, 5.41) is 6.48. The largest absolute Gasteiger partial charge is 0.416 e. The molecule has 0 saturated carbocycles. The Labute approximate surface area is 162 Å². The van der Waals surface area contributed by atoms with Gasteiger partial charge in [-0.05, 0) is 29.3 Å². The Kier molecular flexibility index (Phi) is 4.51. The Balaban J connectivity index is 1.69. The van der Waals surface area contributed by atoms with Crippen LogP contribution in [0, 0.1) is 0 Å². The van der Waals surface area contributed by atoms with Gasteiger partial charge < -0.3 is 0 Å². The first-order valence-corrected chi connectivity index (χ1v) is 8.97. The summed E-state index contributed by atoms with van der Waals surface area (Å²) in [6.07, 6.45) is 0.732. The Morgan fingerprint density at radius 1 is 1.07 bits per heavy atom. The summed E-state index contributed by atoms with van der Waals surface area (Å²) in [4.78, 5) is 4.07. The molecule has 8 heteroatoms. The molecular weight excluding hydrogens is 421 g/mol. The maximum atomic E-state index is 13.0. The molecule has 0 aliphatic carbocycles. The Bertz CT molecular complexity index is 996. The molecule has 1 aliphatic rings. The van der Waals surface area contributed by atoms with E-state index in [9.17, 15) is 13.2 Å². The zero-order valence-electron chi connectivity index (χ0n) is 14.0. The van der Waals surface area contributed by atoms with E-state index in [1.54, 1.807) is 28.3 Å². The van der Waals surface area contributed by atoms with Gasteiger partial charge in [0.2, 0.25) is 0 Å². The lowest BCUT2D eigenvalue weighted by Crippen LogP contribution is -2.19. The van der Waals surface area contributed by atoms with Crippen molar-refractivity contribution in [2.24, 2.45) is 5.10 Å². The number of halogens is 4. The molecule has 0 radical (unpaired) electrons. The third kappa shape index (κ3) is 3.62. The van der Waals surface area contributed by atoms with E-state index < -0.39 is 11.7 Å². The van der Waals surface area contributed by atoms with E-state index in [0.29, 0.717) is 24.5 Å². The number of hydrogen-bond donors (Lipinski definition) is 0. The van der Waals surface area contributed by atoms with Gasteiger partial charge in [-0.1, -0.05) is 40.2 Å². The number of hydrogen-bond acceptors (Lipinski definition) is 3. The van der Waals surface area contributed by atoms with Crippen LogP contribution in [0.15, 0.2) is 70.8 Å². The quantitative estimate of drug-likeness (QED) is 0.424. The first kappa shape index (κ1) is 17.8. The first-order chi connectivity index (χ1) is 12.9. The summed E-state index contributed by atoms with van der Waals surface area (Å²) in [6.45, 7) is 0.776. The van der Waals surface area contributed by atoms with Crippen molar-refractivity contribution >= 4 is 21.8 Å². The van der Waals surface area contributed by atoms with Crippen molar-refractivity contribution in [3.05, 3.63) is 87.9 Å². The van der Waals surface area contributed by atoms with Gasteiger partial charge in [-0.25, -0.2) is 4.98 Å². The van der Waals surface area contributed by atoms with E-state index in [2.05, 4.69) is 20.9 Å². The molecule has 0 bridgehead atoms. The second-order valence-electron chi connectivity index (χ2n) is 6.18. The van der Waals surface area contributed by atoms with Crippen LogP contribution in [0.4, 0.5) is 13.2 Å². The van der Waals surface area contributed by atoms with E-state index in [0.717, 1.165) is 21.7 Å². The summed E-state index contributed by atoms with van der Waals surface area (Å²) in [5.41, 5.74) is 1.73. The third-order valence-electron chi connectivity index (χ3n) is 4.34. The number of aromatic nitrogens is 2. The van der Waals surface area contributed by atoms with Gasteiger partial charge >= 0.3 is 6.18 Å². The molecular formula is C19H14BrF3N4. The van der Waals surface area contributed by atoms with Gasteiger partial charge in [0.05, 0.1) is 18.7 Å². The summed E-state index contributed by atoms with van der Waals surface area (Å²) < 4.78 is 41.5. The first-order valence-electron chi connectivity index (χ1n) is 8.17. The highest BCUT2D eigenvalue weighted by atomic mass is 79.9. The van der Waals surface area contributed by atoms with Crippen LogP contribution in [0.1, 0.15) is 22.3 Å². The number of fused-ring (bicyclic) bond motifs is 1. The molecule has 2 aromatic carbocycles. The zero-order chi connectivity index (χ0) is 19.0. The van der Waals surface area contributed by atoms with Crippen LogP contribution in [0.5, 0.6) is 0 Å². The van der Waals surface area contributed by atoms with E-state index in [4.69, 9.17) is 5.10 Å². The Hall–Kier alpha value is -2.61. The zero-order valence-corrected chi connectivity index (χ0v) is 15.6. The van der Waals surface area contributed by atoms with Crippen LogP contribution in [0.2, 0.25) is 0 Å². The van der Waals surface area contributed by atoms with Gasteiger partial charge in [-0.3, -0.25) is 9.58 Å². The van der Waals surface area contributed by atoms with Crippen LogP contribution in [-0.2, 0) is 19.3 Å². The van der Waals surface area contributed by atoms with Gasteiger partial charge in [0, 0.05) is 22.4 Å². The van der Waals surface area contributed by atoms with E-state index in [-0.39, 0.29) is 0 Å². The minimum Gasteiger partial charge on any atom is -0.289 e. The molecule has 2 heterocycles. The molecule has 0 unspecified atom stereocenters. The molecule has 27 heavy (non-hydrogen) atoms. The van der Waals surface area contributed by atoms with Gasteiger partial charge in [0.1, 0.15) is 6.33 Å². The molecule has 0 saturated heterocycles. The molecule has 4 nitrogen and oxygen atoms in total.